The van der Waals surface area contributed by atoms with Gasteiger partial charge in [-0.1, -0.05) is 15.9 Å². The van der Waals surface area contributed by atoms with Crippen molar-refractivity contribution in [3.8, 4) is 0 Å². The van der Waals surface area contributed by atoms with E-state index >= 15 is 0 Å². The lowest BCUT2D eigenvalue weighted by Gasteiger charge is -2.17. The van der Waals surface area contributed by atoms with Gasteiger partial charge in [-0.2, -0.15) is 0 Å². The van der Waals surface area contributed by atoms with E-state index in [2.05, 4.69) is 21.2 Å². The first-order chi connectivity index (χ1) is 8.10. The number of hydrogen-bond donors (Lipinski definition) is 1. The third kappa shape index (κ3) is 2.87. The largest absolute Gasteiger partial charge is 0.337 e. The molecule has 1 fully saturated rings. The molecule has 0 saturated carbocycles. The van der Waals surface area contributed by atoms with Crippen molar-refractivity contribution in [3.05, 3.63) is 33.8 Å². The quantitative estimate of drug-likeness (QED) is 0.907. The number of likely N-dealkylation sites (N-methyl/N-ethyl adjacent to an activating group) is 1. The molecule has 1 saturated heterocycles. The van der Waals surface area contributed by atoms with Crippen LogP contribution >= 0.6 is 15.9 Å². The van der Waals surface area contributed by atoms with Crippen LogP contribution in [0.25, 0.3) is 0 Å². The zero-order valence-corrected chi connectivity index (χ0v) is 11.8. The molecule has 0 radical (unpaired) electrons. The average Bonchev–Trinajstić information content (AvgIpc) is 2.75. The molecule has 0 aromatic heterocycles. The predicted molar refractivity (Wildman–Crippen MR) is 72.2 cm³/mol. The van der Waals surface area contributed by atoms with Gasteiger partial charge >= 0.3 is 0 Å². The highest BCUT2D eigenvalue weighted by molar-refractivity contribution is 9.10. The van der Waals surface area contributed by atoms with Crippen molar-refractivity contribution < 1.29 is 4.79 Å². The molecule has 2 rings (SSSR count). The standard InChI is InChI=1S/C13H17BrN2O/c1-9-5-10(7-11(14)6-9)13(17)16-4-3-12(8-16)15-2/h5-7,12,15H,3-4,8H2,1-2H3. The molecule has 92 valence electrons. The van der Waals surface area contributed by atoms with E-state index in [1.807, 2.05) is 37.1 Å². The monoisotopic (exact) mass is 296 g/mol. The Morgan fingerprint density at radius 2 is 2.24 bits per heavy atom. The van der Waals surface area contributed by atoms with Gasteiger partial charge in [0.05, 0.1) is 0 Å². The van der Waals surface area contributed by atoms with E-state index < -0.39 is 0 Å². The number of aryl methyl sites for hydroxylation is 1. The highest BCUT2D eigenvalue weighted by Gasteiger charge is 2.25. The fraction of sp³-hybridized carbons (Fsp3) is 0.462. The molecule has 1 atom stereocenters. The van der Waals surface area contributed by atoms with Crippen LogP contribution in [0.5, 0.6) is 0 Å². The molecule has 0 bridgehead atoms. The molecule has 1 heterocycles. The topological polar surface area (TPSA) is 32.3 Å². The minimum Gasteiger partial charge on any atom is -0.337 e. The Morgan fingerprint density at radius 1 is 1.47 bits per heavy atom. The number of likely N-dealkylation sites (tertiary alicyclic amines) is 1. The summed E-state index contributed by atoms with van der Waals surface area (Å²) in [6.45, 7) is 3.65. The third-order valence-corrected chi connectivity index (χ3v) is 3.63. The van der Waals surface area contributed by atoms with E-state index in [9.17, 15) is 4.79 Å². The average molecular weight is 297 g/mol. The zero-order chi connectivity index (χ0) is 12.4. The van der Waals surface area contributed by atoms with Crippen LogP contribution < -0.4 is 5.32 Å². The molecule has 1 aliphatic heterocycles. The van der Waals surface area contributed by atoms with Crippen molar-refractivity contribution in [3.63, 3.8) is 0 Å². The summed E-state index contributed by atoms with van der Waals surface area (Å²) in [6.07, 6.45) is 1.04. The summed E-state index contributed by atoms with van der Waals surface area (Å²) in [5.74, 6) is 0.132. The molecular formula is C13H17BrN2O. The maximum Gasteiger partial charge on any atom is 0.253 e. The Bertz CT molecular complexity index is 413. The first kappa shape index (κ1) is 12.6. The van der Waals surface area contributed by atoms with E-state index in [0.29, 0.717) is 6.04 Å². The summed E-state index contributed by atoms with van der Waals surface area (Å²) in [7, 11) is 1.95. The third-order valence-electron chi connectivity index (χ3n) is 3.17. The van der Waals surface area contributed by atoms with E-state index in [4.69, 9.17) is 0 Å². The van der Waals surface area contributed by atoms with Gasteiger partial charge in [-0.3, -0.25) is 4.79 Å². The van der Waals surface area contributed by atoms with Gasteiger partial charge in [0, 0.05) is 29.2 Å². The SMILES string of the molecule is CNC1CCN(C(=O)c2cc(C)cc(Br)c2)C1. The van der Waals surface area contributed by atoms with Crippen LogP contribution in [0.2, 0.25) is 0 Å². The van der Waals surface area contributed by atoms with Crippen LogP contribution in [0.4, 0.5) is 0 Å². The number of halogens is 1. The molecule has 1 N–H and O–H groups in total. The maximum absolute atomic E-state index is 12.3. The molecule has 0 aliphatic carbocycles. The van der Waals surface area contributed by atoms with Gasteiger partial charge in [0.25, 0.3) is 5.91 Å². The van der Waals surface area contributed by atoms with E-state index in [-0.39, 0.29) is 5.91 Å². The number of hydrogen-bond acceptors (Lipinski definition) is 2. The van der Waals surface area contributed by atoms with Crippen LogP contribution in [0.1, 0.15) is 22.3 Å². The van der Waals surface area contributed by atoms with Gasteiger partial charge in [0.2, 0.25) is 0 Å². The van der Waals surface area contributed by atoms with Gasteiger partial charge in [0.1, 0.15) is 0 Å². The second-order valence-electron chi connectivity index (χ2n) is 4.54. The first-order valence-electron chi connectivity index (χ1n) is 5.84. The van der Waals surface area contributed by atoms with Crippen molar-refractivity contribution in [1.82, 2.24) is 10.2 Å². The van der Waals surface area contributed by atoms with Crippen LogP contribution in [0.15, 0.2) is 22.7 Å². The lowest BCUT2D eigenvalue weighted by Crippen LogP contribution is -2.33. The van der Waals surface area contributed by atoms with E-state index in [1.165, 1.54) is 0 Å². The second kappa shape index (κ2) is 5.19. The molecule has 1 unspecified atom stereocenters. The summed E-state index contributed by atoms with van der Waals surface area (Å²) in [6, 6.07) is 6.28. The van der Waals surface area contributed by atoms with Gasteiger partial charge in [-0.25, -0.2) is 0 Å². The summed E-state index contributed by atoms with van der Waals surface area (Å²) < 4.78 is 0.963. The fourth-order valence-corrected chi connectivity index (χ4v) is 2.83. The van der Waals surface area contributed by atoms with Crippen LogP contribution in [0.3, 0.4) is 0 Å². The van der Waals surface area contributed by atoms with Crippen LogP contribution in [-0.2, 0) is 0 Å². The number of benzene rings is 1. The number of carbonyl (C=O) groups is 1. The minimum absolute atomic E-state index is 0.132. The Labute approximate surface area is 110 Å². The van der Waals surface area contributed by atoms with Gasteiger partial charge in [-0.15, -0.1) is 0 Å². The molecule has 1 aliphatic rings. The fourth-order valence-electron chi connectivity index (χ4n) is 2.22. The molecule has 17 heavy (non-hydrogen) atoms. The summed E-state index contributed by atoms with van der Waals surface area (Å²) in [4.78, 5) is 14.2. The van der Waals surface area contributed by atoms with Crippen molar-refractivity contribution in [2.75, 3.05) is 20.1 Å². The lowest BCUT2D eigenvalue weighted by molar-refractivity contribution is 0.0789. The van der Waals surface area contributed by atoms with Gasteiger partial charge in [-0.05, 0) is 44.2 Å². The van der Waals surface area contributed by atoms with E-state index in [1.54, 1.807) is 0 Å². The maximum atomic E-state index is 12.3. The Kier molecular flexibility index (Phi) is 3.84. The Hall–Kier alpha value is -0.870. The molecule has 1 aromatic carbocycles. The first-order valence-corrected chi connectivity index (χ1v) is 6.63. The molecule has 0 spiro atoms. The number of carbonyl (C=O) groups excluding carboxylic acids is 1. The van der Waals surface area contributed by atoms with Crippen LogP contribution in [0, 0.1) is 6.92 Å². The minimum atomic E-state index is 0.132. The number of rotatable bonds is 2. The van der Waals surface area contributed by atoms with Crippen LogP contribution in [-0.4, -0.2) is 37.0 Å². The van der Waals surface area contributed by atoms with Gasteiger partial charge in [0.15, 0.2) is 0 Å². The number of amides is 1. The Balaban J connectivity index is 2.14. The van der Waals surface area contributed by atoms with Gasteiger partial charge < -0.3 is 10.2 Å². The van der Waals surface area contributed by atoms with Crippen molar-refractivity contribution in [2.24, 2.45) is 0 Å². The van der Waals surface area contributed by atoms with E-state index in [0.717, 1.165) is 35.1 Å². The second-order valence-corrected chi connectivity index (χ2v) is 5.46. The number of nitrogens with zero attached hydrogens (tertiary/aromatic N) is 1. The molecule has 3 nitrogen and oxygen atoms in total. The number of nitrogens with one attached hydrogen (secondary N) is 1. The van der Waals surface area contributed by atoms with Crippen molar-refractivity contribution in [1.29, 1.82) is 0 Å². The highest BCUT2D eigenvalue weighted by atomic mass is 79.9. The summed E-state index contributed by atoms with van der Waals surface area (Å²) in [5.41, 5.74) is 1.88. The molecule has 1 amide bonds. The summed E-state index contributed by atoms with van der Waals surface area (Å²) >= 11 is 3.43. The highest BCUT2D eigenvalue weighted by Crippen LogP contribution is 2.19. The van der Waals surface area contributed by atoms with Crippen molar-refractivity contribution in [2.45, 2.75) is 19.4 Å². The molecular weight excluding hydrogens is 280 g/mol. The smallest absolute Gasteiger partial charge is 0.253 e. The normalized spacial score (nSPS) is 19.7. The zero-order valence-electron chi connectivity index (χ0n) is 10.2. The lowest BCUT2D eigenvalue weighted by atomic mass is 10.1. The molecule has 4 heteroatoms. The summed E-state index contributed by atoms with van der Waals surface area (Å²) in [5, 5.41) is 3.22. The predicted octanol–water partition coefficient (Wildman–Crippen LogP) is 2.19. The van der Waals surface area contributed by atoms with Crippen molar-refractivity contribution >= 4 is 21.8 Å². The Morgan fingerprint density at radius 3 is 2.82 bits per heavy atom. The molecule has 1 aromatic rings.